The van der Waals surface area contributed by atoms with Gasteiger partial charge in [0.1, 0.15) is 5.78 Å². The van der Waals surface area contributed by atoms with Crippen LogP contribution < -0.4 is 0 Å². The Labute approximate surface area is 147 Å². The van der Waals surface area contributed by atoms with Gasteiger partial charge < -0.3 is 0 Å². The van der Waals surface area contributed by atoms with Crippen molar-refractivity contribution in [3.8, 4) is 0 Å². The number of Topliss-reactive ketones (excluding diaryl/α,β-unsaturated/α-hetero) is 1. The van der Waals surface area contributed by atoms with E-state index < -0.39 is 0 Å². The van der Waals surface area contributed by atoms with Gasteiger partial charge in [-0.15, -0.1) is 0 Å². The van der Waals surface area contributed by atoms with Crippen molar-refractivity contribution in [2.75, 3.05) is 0 Å². The molecule has 0 aliphatic carbocycles. The average molecular weight is 322 g/mol. The summed E-state index contributed by atoms with van der Waals surface area (Å²) in [7, 11) is 0. The number of carbonyl (C=O) groups is 1. The monoisotopic (exact) mass is 322 g/mol. The molecule has 0 amide bonds. The predicted octanol–water partition coefficient (Wildman–Crippen LogP) is 5.64. The van der Waals surface area contributed by atoms with E-state index in [-0.39, 0.29) is 16.6 Å². The summed E-state index contributed by atoms with van der Waals surface area (Å²) in [5.74, 6) is 0.270. The van der Waals surface area contributed by atoms with Crippen molar-refractivity contribution in [2.24, 2.45) is 0 Å². The summed E-state index contributed by atoms with van der Waals surface area (Å²) in [5, 5.41) is 0. The van der Waals surface area contributed by atoms with Crippen LogP contribution in [0.2, 0.25) is 0 Å². The first-order valence-electron chi connectivity index (χ1n) is 8.76. The Hall–Kier alpha value is -1.89. The highest BCUT2D eigenvalue weighted by Crippen LogP contribution is 2.30. The molecular weight excluding hydrogens is 292 g/mol. The Morgan fingerprint density at radius 2 is 1.17 bits per heavy atom. The van der Waals surface area contributed by atoms with Gasteiger partial charge in [0.2, 0.25) is 0 Å². The molecule has 0 aliphatic rings. The molecule has 0 radical (unpaired) electrons. The highest BCUT2D eigenvalue weighted by atomic mass is 16.1. The number of ketones is 1. The summed E-state index contributed by atoms with van der Waals surface area (Å²) < 4.78 is 0. The SMILES string of the molecule is CC(C)(C)c1cc(CC(=O)Cc2ccccc2)cc(C(C)(C)C)c1. The van der Waals surface area contributed by atoms with Crippen molar-refractivity contribution in [3.63, 3.8) is 0 Å². The van der Waals surface area contributed by atoms with Crippen molar-refractivity contribution in [1.29, 1.82) is 0 Å². The van der Waals surface area contributed by atoms with Gasteiger partial charge in [-0.3, -0.25) is 4.79 Å². The van der Waals surface area contributed by atoms with Gasteiger partial charge in [0.15, 0.2) is 0 Å². The number of hydrogen-bond acceptors (Lipinski definition) is 1. The molecule has 2 aromatic carbocycles. The number of rotatable bonds is 4. The van der Waals surface area contributed by atoms with E-state index in [2.05, 4.69) is 59.7 Å². The van der Waals surface area contributed by atoms with Crippen LogP contribution in [0.3, 0.4) is 0 Å². The molecule has 0 bridgehead atoms. The zero-order chi connectivity index (χ0) is 18.0. The Morgan fingerprint density at radius 3 is 1.62 bits per heavy atom. The normalized spacial score (nSPS) is 12.2. The Kier molecular flexibility index (Phi) is 5.32. The van der Waals surface area contributed by atoms with Crippen molar-refractivity contribution in [1.82, 2.24) is 0 Å². The highest BCUT2D eigenvalue weighted by molar-refractivity contribution is 5.83. The zero-order valence-corrected chi connectivity index (χ0v) is 15.9. The lowest BCUT2D eigenvalue weighted by atomic mass is 9.79. The lowest BCUT2D eigenvalue weighted by Gasteiger charge is -2.26. The van der Waals surface area contributed by atoms with Crippen molar-refractivity contribution in [2.45, 2.75) is 65.2 Å². The molecule has 1 nitrogen and oxygen atoms in total. The summed E-state index contributed by atoms with van der Waals surface area (Å²) in [5.41, 5.74) is 4.99. The average Bonchev–Trinajstić information content (AvgIpc) is 2.46. The quantitative estimate of drug-likeness (QED) is 0.712. The second-order valence-electron chi connectivity index (χ2n) is 8.80. The predicted molar refractivity (Wildman–Crippen MR) is 103 cm³/mol. The van der Waals surface area contributed by atoms with Crippen LogP contribution in [-0.2, 0) is 28.5 Å². The van der Waals surface area contributed by atoms with Gasteiger partial charge in [0, 0.05) is 12.8 Å². The summed E-state index contributed by atoms with van der Waals surface area (Å²) >= 11 is 0. The topological polar surface area (TPSA) is 17.1 Å². The fraction of sp³-hybridized carbons (Fsp3) is 0.435. The van der Waals surface area contributed by atoms with E-state index in [1.807, 2.05) is 30.3 Å². The highest BCUT2D eigenvalue weighted by Gasteiger charge is 2.21. The molecule has 0 heterocycles. The molecular formula is C23H30O. The fourth-order valence-corrected chi connectivity index (χ4v) is 2.77. The van der Waals surface area contributed by atoms with Crippen LogP contribution >= 0.6 is 0 Å². The molecule has 0 unspecified atom stereocenters. The van der Waals surface area contributed by atoms with E-state index in [4.69, 9.17) is 0 Å². The third-order valence-corrected chi connectivity index (χ3v) is 4.37. The number of benzene rings is 2. The maximum Gasteiger partial charge on any atom is 0.141 e. The van der Waals surface area contributed by atoms with Gasteiger partial charge in [0.05, 0.1) is 0 Å². The van der Waals surface area contributed by atoms with E-state index in [0.717, 1.165) is 11.1 Å². The molecule has 1 heteroatoms. The maximum absolute atomic E-state index is 12.5. The zero-order valence-electron chi connectivity index (χ0n) is 15.9. The van der Waals surface area contributed by atoms with E-state index in [0.29, 0.717) is 12.8 Å². The minimum atomic E-state index is 0.0818. The molecule has 0 N–H and O–H groups in total. The summed E-state index contributed by atoms with van der Waals surface area (Å²) in [6, 6.07) is 16.7. The third kappa shape index (κ3) is 5.06. The van der Waals surface area contributed by atoms with Gasteiger partial charge in [-0.1, -0.05) is 90.1 Å². The first-order chi connectivity index (χ1) is 11.1. The Morgan fingerprint density at radius 1 is 0.708 bits per heavy atom. The second kappa shape index (κ2) is 6.93. The summed E-state index contributed by atoms with van der Waals surface area (Å²) in [6.07, 6.45) is 1.01. The standard InChI is InChI=1S/C23H30O/c1-22(2,3)19-12-18(13-20(16-19)23(4,5)6)15-21(24)14-17-10-8-7-9-11-17/h7-13,16H,14-15H2,1-6H3. The van der Waals surface area contributed by atoms with Gasteiger partial charge >= 0.3 is 0 Å². The molecule has 0 saturated carbocycles. The molecule has 0 atom stereocenters. The molecule has 24 heavy (non-hydrogen) atoms. The van der Waals surface area contributed by atoms with Crippen molar-refractivity contribution >= 4 is 5.78 Å². The Balaban J connectivity index is 2.27. The molecule has 128 valence electrons. The van der Waals surface area contributed by atoms with Crippen LogP contribution in [-0.4, -0.2) is 5.78 Å². The van der Waals surface area contributed by atoms with Crippen molar-refractivity contribution in [3.05, 3.63) is 70.8 Å². The molecule has 0 aromatic heterocycles. The molecule has 2 aromatic rings. The van der Waals surface area contributed by atoms with Crippen LogP contribution in [0.4, 0.5) is 0 Å². The van der Waals surface area contributed by atoms with Gasteiger partial charge in [0.25, 0.3) is 0 Å². The molecule has 0 fully saturated rings. The van der Waals surface area contributed by atoms with Crippen LogP contribution in [0.1, 0.15) is 63.8 Å². The lowest BCUT2D eigenvalue weighted by Crippen LogP contribution is -2.18. The smallest absolute Gasteiger partial charge is 0.141 e. The van der Waals surface area contributed by atoms with E-state index in [9.17, 15) is 4.79 Å². The molecule has 0 spiro atoms. The van der Waals surface area contributed by atoms with Gasteiger partial charge in [-0.25, -0.2) is 0 Å². The van der Waals surface area contributed by atoms with E-state index in [1.165, 1.54) is 11.1 Å². The van der Waals surface area contributed by atoms with Crippen LogP contribution in [0, 0.1) is 0 Å². The minimum Gasteiger partial charge on any atom is -0.299 e. The van der Waals surface area contributed by atoms with Gasteiger partial charge in [-0.05, 0) is 33.1 Å². The third-order valence-electron chi connectivity index (χ3n) is 4.37. The minimum absolute atomic E-state index is 0.0818. The molecule has 0 saturated heterocycles. The Bertz CT molecular complexity index is 665. The number of carbonyl (C=O) groups excluding carboxylic acids is 1. The maximum atomic E-state index is 12.5. The first-order valence-corrected chi connectivity index (χ1v) is 8.76. The molecule has 0 aliphatic heterocycles. The molecule has 2 rings (SSSR count). The van der Waals surface area contributed by atoms with Crippen LogP contribution in [0.15, 0.2) is 48.5 Å². The van der Waals surface area contributed by atoms with E-state index >= 15 is 0 Å². The largest absolute Gasteiger partial charge is 0.299 e. The lowest BCUT2D eigenvalue weighted by molar-refractivity contribution is -0.117. The fourth-order valence-electron chi connectivity index (χ4n) is 2.77. The van der Waals surface area contributed by atoms with Gasteiger partial charge in [-0.2, -0.15) is 0 Å². The van der Waals surface area contributed by atoms with E-state index in [1.54, 1.807) is 0 Å². The van der Waals surface area contributed by atoms with Crippen molar-refractivity contribution < 1.29 is 4.79 Å². The summed E-state index contributed by atoms with van der Waals surface area (Å²) in [6.45, 7) is 13.4. The summed E-state index contributed by atoms with van der Waals surface area (Å²) in [4.78, 5) is 12.5. The number of hydrogen-bond donors (Lipinski definition) is 0. The van der Waals surface area contributed by atoms with Crippen LogP contribution in [0.25, 0.3) is 0 Å². The van der Waals surface area contributed by atoms with Crippen LogP contribution in [0.5, 0.6) is 0 Å². The second-order valence-corrected chi connectivity index (χ2v) is 8.80. The first kappa shape index (κ1) is 18.4.